The van der Waals surface area contributed by atoms with Crippen molar-refractivity contribution >= 4 is 23.2 Å². The van der Waals surface area contributed by atoms with Crippen LogP contribution in [0.15, 0.2) is 36.4 Å². The lowest BCUT2D eigenvalue weighted by Crippen LogP contribution is -2.12. The Hall–Kier alpha value is -2.24. The van der Waals surface area contributed by atoms with E-state index in [1.807, 2.05) is 6.92 Å². The Kier molecular flexibility index (Phi) is 6.46. The Morgan fingerprint density at radius 3 is 2.42 bits per heavy atom. The van der Waals surface area contributed by atoms with Crippen LogP contribution < -0.4 is 14.8 Å². The average molecular weight is 350 g/mol. The lowest BCUT2D eigenvalue weighted by molar-refractivity contribution is 0.102. The molecule has 0 aromatic heterocycles. The first kappa shape index (κ1) is 18.1. The van der Waals surface area contributed by atoms with E-state index in [4.69, 9.17) is 25.8 Å². The van der Waals surface area contributed by atoms with Crippen LogP contribution in [-0.2, 0) is 11.3 Å². The zero-order valence-electron chi connectivity index (χ0n) is 13.9. The summed E-state index contributed by atoms with van der Waals surface area (Å²) in [5.41, 5.74) is 1.92. The normalized spacial score (nSPS) is 10.3. The summed E-state index contributed by atoms with van der Waals surface area (Å²) >= 11 is 6.07. The SMILES string of the molecule is CCOCc1cc(C(=O)Nc2ccc(OC)c(Cl)c2)ccc1OC. The summed E-state index contributed by atoms with van der Waals surface area (Å²) in [4.78, 5) is 12.4. The van der Waals surface area contributed by atoms with Gasteiger partial charge in [-0.25, -0.2) is 0 Å². The Morgan fingerprint density at radius 2 is 1.79 bits per heavy atom. The second-order valence-electron chi connectivity index (χ2n) is 4.97. The van der Waals surface area contributed by atoms with Crippen molar-refractivity contribution in [3.8, 4) is 11.5 Å². The Bertz CT molecular complexity index is 718. The fourth-order valence-electron chi connectivity index (χ4n) is 2.19. The number of hydrogen-bond acceptors (Lipinski definition) is 4. The lowest BCUT2D eigenvalue weighted by Gasteiger charge is -2.12. The molecule has 0 saturated heterocycles. The van der Waals surface area contributed by atoms with Gasteiger partial charge in [0.1, 0.15) is 11.5 Å². The van der Waals surface area contributed by atoms with E-state index in [1.165, 1.54) is 7.11 Å². The summed E-state index contributed by atoms with van der Waals surface area (Å²) in [5, 5.41) is 3.24. The quantitative estimate of drug-likeness (QED) is 0.816. The zero-order valence-corrected chi connectivity index (χ0v) is 14.6. The van der Waals surface area contributed by atoms with Gasteiger partial charge in [-0.05, 0) is 43.3 Å². The van der Waals surface area contributed by atoms with Crippen LogP contribution in [0.3, 0.4) is 0 Å². The van der Waals surface area contributed by atoms with Gasteiger partial charge in [-0.1, -0.05) is 11.6 Å². The molecule has 0 radical (unpaired) electrons. The second kappa shape index (κ2) is 8.57. The second-order valence-corrected chi connectivity index (χ2v) is 5.37. The molecule has 0 heterocycles. The van der Waals surface area contributed by atoms with Crippen LogP contribution in [0.1, 0.15) is 22.8 Å². The predicted octanol–water partition coefficient (Wildman–Crippen LogP) is 4.15. The molecule has 0 unspecified atom stereocenters. The summed E-state index contributed by atoms with van der Waals surface area (Å²) in [6.07, 6.45) is 0. The number of amides is 1. The monoisotopic (exact) mass is 349 g/mol. The molecule has 1 amide bonds. The molecule has 2 aromatic carbocycles. The number of halogens is 1. The zero-order chi connectivity index (χ0) is 17.5. The van der Waals surface area contributed by atoms with Crippen molar-refractivity contribution in [3.05, 3.63) is 52.5 Å². The number of hydrogen-bond donors (Lipinski definition) is 1. The summed E-state index contributed by atoms with van der Waals surface area (Å²) in [6.45, 7) is 2.88. The van der Waals surface area contributed by atoms with Crippen molar-refractivity contribution in [2.75, 3.05) is 26.1 Å². The van der Waals surface area contributed by atoms with Gasteiger partial charge in [0.05, 0.1) is 25.8 Å². The highest BCUT2D eigenvalue weighted by Gasteiger charge is 2.12. The smallest absolute Gasteiger partial charge is 0.255 e. The van der Waals surface area contributed by atoms with E-state index in [2.05, 4.69) is 5.32 Å². The van der Waals surface area contributed by atoms with Crippen molar-refractivity contribution in [3.63, 3.8) is 0 Å². The fourth-order valence-corrected chi connectivity index (χ4v) is 2.45. The molecule has 128 valence electrons. The summed E-state index contributed by atoms with van der Waals surface area (Å²) in [5.74, 6) is 1.00. The highest BCUT2D eigenvalue weighted by Crippen LogP contribution is 2.28. The van der Waals surface area contributed by atoms with Gasteiger partial charge in [-0.15, -0.1) is 0 Å². The van der Waals surface area contributed by atoms with Crippen LogP contribution >= 0.6 is 11.6 Å². The minimum atomic E-state index is -0.239. The standard InChI is InChI=1S/C18H20ClNO4/c1-4-24-11-13-9-12(5-7-16(13)22-2)18(21)20-14-6-8-17(23-3)15(19)10-14/h5-10H,4,11H2,1-3H3,(H,20,21). The van der Waals surface area contributed by atoms with Crippen molar-refractivity contribution in [1.82, 2.24) is 0 Å². The maximum Gasteiger partial charge on any atom is 0.255 e. The van der Waals surface area contributed by atoms with E-state index in [-0.39, 0.29) is 5.91 Å². The Morgan fingerprint density at radius 1 is 1.08 bits per heavy atom. The van der Waals surface area contributed by atoms with Gasteiger partial charge < -0.3 is 19.5 Å². The van der Waals surface area contributed by atoms with Gasteiger partial charge in [0.15, 0.2) is 0 Å². The number of ether oxygens (including phenoxy) is 3. The highest BCUT2D eigenvalue weighted by atomic mass is 35.5. The maximum atomic E-state index is 12.4. The number of rotatable bonds is 7. The van der Waals surface area contributed by atoms with Crippen molar-refractivity contribution in [2.45, 2.75) is 13.5 Å². The molecule has 1 N–H and O–H groups in total. The van der Waals surface area contributed by atoms with Crippen LogP contribution in [0, 0.1) is 0 Å². The van der Waals surface area contributed by atoms with Crippen LogP contribution in [0.2, 0.25) is 5.02 Å². The molecule has 0 aliphatic rings. The molecule has 0 bridgehead atoms. The van der Waals surface area contributed by atoms with Crippen molar-refractivity contribution < 1.29 is 19.0 Å². The molecular formula is C18H20ClNO4. The average Bonchev–Trinajstić information content (AvgIpc) is 2.59. The Balaban J connectivity index is 2.18. The first-order valence-corrected chi connectivity index (χ1v) is 7.86. The third-order valence-corrected chi connectivity index (χ3v) is 3.71. The summed E-state index contributed by atoms with van der Waals surface area (Å²) in [7, 11) is 3.13. The number of benzene rings is 2. The fraction of sp³-hybridized carbons (Fsp3) is 0.278. The van der Waals surface area contributed by atoms with E-state index >= 15 is 0 Å². The molecule has 5 nitrogen and oxygen atoms in total. The summed E-state index contributed by atoms with van der Waals surface area (Å²) < 4.78 is 15.8. The number of carbonyl (C=O) groups excluding carboxylic acids is 1. The molecule has 0 aliphatic carbocycles. The number of anilines is 1. The molecule has 0 fully saturated rings. The minimum Gasteiger partial charge on any atom is -0.496 e. The third-order valence-electron chi connectivity index (χ3n) is 3.41. The number of carbonyl (C=O) groups is 1. The van der Waals surface area contributed by atoms with E-state index in [0.717, 1.165) is 5.56 Å². The largest absolute Gasteiger partial charge is 0.496 e. The molecular weight excluding hydrogens is 330 g/mol. The molecule has 6 heteroatoms. The van der Waals surface area contributed by atoms with Gasteiger partial charge in [-0.2, -0.15) is 0 Å². The molecule has 24 heavy (non-hydrogen) atoms. The van der Waals surface area contributed by atoms with Crippen LogP contribution in [0.25, 0.3) is 0 Å². The van der Waals surface area contributed by atoms with Crippen molar-refractivity contribution in [1.29, 1.82) is 0 Å². The van der Waals surface area contributed by atoms with E-state index in [9.17, 15) is 4.79 Å². The lowest BCUT2D eigenvalue weighted by atomic mass is 10.1. The third kappa shape index (κ3) is 4.40. The van der Waals surface area contributed by atoms with Crippen molar-refractivity contribution in [2.24, 2.45) is 0 Å². The Labute approximate surface area is 146 Å². The van der Waals surface area contributed by atoms with Gasteiger partial charge in [0.2, 0.25) is 0 Å². The summed E-state index contributed by atoms with van der Waals surface area (Å²) in [6, 6.07) is 10.3. The van der Waals surface area contributed by atoms with Gasteiger partial charge >= 0.3 is 0 Å². The van der Waals surface area contributed by atoms with Gasteiger partial charge in [0.25, 0.3) is 5.91 Å². The first-order valence-electron chi connectivity index (χ1n) is 7.48. The maximum absolute atomic E-state index is 12.4. The van der Waals surface area contributed by atoms with E-state index in [1.54, 1.807) is 43.5 Å². The first-order chi connectivity index (χ1) is 11.6. The molecule has 0 spiro atoms. The van der Waals surface area contributed by atoms with Gasteiger partial charge in [0, 0.05) is 23.4 Å². The molecule has 2 aromatic rings. The van der Waals surface area contributed by atoms with Crippen LogP contribution in [-0.4, -0.2) is 26.7 Å². The van der Waals surface area contributed by atoms with E-state index in [0.29, 0.717) is 41.0 Å². The molecule has 0 aliphatic heterocycles. The number of methoxy groups -OCH3 is 2. The topological polar surface area (TPSA) is 56.8 Å². The molecule has 2 rings (SSSR count). The minimum absolute atomic E-state index is 0.239. The molecule has 0 saturated carbocycles. The van der Waals surface area contributed by atoms with E-state index < -0.39 is 0 Å². The number of nitrogens with one attached hydrogen (secondary N) is 1. The van der Waals surface area contributed by atoms with Crippen LogP contribution in [0.5, 0.6) is 11.5 Å². The predicted molar refractivity (Wildman–Crippen MR) is 94.3 cm³/mol. The molecule has 0 atom stereocenters. The van der Waals surface area contributed by atoms with Gasteiger partial charge in [-0.3, -0.25) is 4.79 Å². The van der Waals surface area contributed by atoms with Crippen LogP contribution in [0.4, 0.5) is 5.69 Å². The highest BCUT2D eigenvalue weighted by molar-refractivity contribution is 6.32.